The maximum atomic E-state index is 11.7. The molecule has 1 atom stereocenters. The molecular formula is C21H22N4O4. The maximum Gasteiger partial charge on any atom is 0.301 e. The van der Waals surface area contributed by atoms with E-state index in [4.69, 9.17) is 9.47 Å². The van der Waals surface area contributed by atoms with Crippen molar-refractivity contribution < 1.29 is 14.4 Å². The van der Waals surface area contributed by atoms with Gasteiger partial charge in [-0.15, -0.1) is 0 Å². The molecule has 8 nitrogen and oxygen atoms in total. The molecule has 0 aliphatic carbocycles. The van der Waals surface area contributed by atoms with Gasteiger partial charge in [-0.25, -0.2) is 0 Å². The smallest absolute Gasteiger partial charge is 0.301 e. The Bertz CT molecular complexity index is 1030. The molecule has 0 spiro atoms. The lowest BCUT2D eigenvalue weighted by atomic mass is 10.1. The van der Waals surface area contributed by atoms with Gasteiger partial charge in [-0.3, -0.25) is 15.1 Å². The Labute approximate surface area is 168 Å². The SMILES string of the molecule is COc1cc(OC)cc(N2CCC(Nc3ccc4ncccc4c3[N+](=O)[O-])C2)c1. The molecule has 0 saturated carbocycles. The zero-order chi connectivity index (χ0) is 20.4. The molecule has 1 aromatic heterocycles. The Balaban J connectivity index is 1.57. The van der Waals surface area contributed by atoms with Crippen molar-refractivity contribution in [1.29, 1.82) is 0 Å². The quantitative estimate of drug-likeness (QED) is 0.502. The molecule has 8 heteroatoms. The van der Waals surface area contributed by atoms with Gasteiger partial charge in [0.1, 0.15) is 17.2 Å². The molecule has 1 saturated heterocycles. The van der Waals surface area contributed by atoms with E-state index in [2.05, 4.69) is 15.2 Å². The van der Waals surface area contributed by atoms with Gasteiger partial charge in [0.05, 0.1) is 30.0 Å². The van der Waals surface area contributed by atoms with Crippen molar-refractivity contribution in [2.45, 2.75) is 12.5 Å². The molecule has 3 aromatic rings. The number of nitro groups is 1. The molecule has 1 fully saturated rings. The first kappa shape index (κ1) is 18.8. The van der Waals surface area contributed by atoms with E-state index in [1.54, 1.807) is 38.6 Å². The van der Waals surface area contributed by atoms with Crippen LogP contribution in [-0.4, -0.2) is 43.3 Å². The van der Waals surface area contributed by atoms with Crippen molar-refractivity contribution in [3.8, 4) is 11.5 Å². The number of nitrogens with one attached hydrogen (secondary N) is 1. The lowest BCUT2D eigenvalue weighted by Crippen LogP contribution is -2.26. The van der Waals surface area contributed by atoms with Crippen LogP contribution in [0.2, 0.25) is 0 Å². The van der Waals surface area contributed by atoms with E-state index in [-0.39, 0.29) is 16.7 Å². The van der Waals surface area contributed by atoms with Crippen LogP contribution < -0.4 is 19.7 Å². The second-order valence-electron chi connectivity index (χ2n) is 6.94. The minimum atomic E-state index is -0.341. The highest BCUT2D eigenvalue weighted by atomic mass is 16.6. The summed E-state index contributed by atoms with van der Waals surface area (Å²) in [7, 11) is 3.25. The second kappa shape index (κ2) is 7.83. The minimum absolute atomic E-state index is 0.0668. The van der Waals surface area contributed by atoms with Crippen LogP contribution >= 0.6 is 0 Å². The van der Waals surface area contributed by atoms with Crippen LogP contribution in [0.4, 0.5) is 17.1 Å². The van der Waals surface area contributed by atoms with Crippen molar-refractivity contribution in [3.63, 3.8) is 0 Å². The number of hydrogen-bond acceptors (Lipinski definition) is 7. The highest BCUT2D eigenvalue weighted by molar-refractivity contribution is 5.94. The molecule has 0 amide bonds. The third-order valence-electron chi connectivity index (χ3n) is 5.19. The summed E-state index contributed by atoms with van der Waals surface area (Å²) >= 11 is 0. The number of nitro benzene ring substituents is 1. The van der Waals surface area contributed by atoms with E-state index in [9.17, 15) is 10.1 Å². The van der Waals surface area contributed by atoms with Gasteiger partial charge in [0.25, 0.3) is 0 Å². The first-order valence-corrected chi connectivity index (χ1v) is 9.35. The summed E-state index contributed by atoms with van der Waals surface area (Å²) in [4.78, 5) is 17.8. The van der Waals surface area contributed by atoms with E-state index >= 15 is 0 Å². The minimum Gasteiger partial charge on any atom is -0.497 e. The number of anilines is 2. The molecule has 2 heterocycles. The van der Waals surface area contributed by atoms with E-state index in [1.165, 1.54) is 0 Å². The van der Waals surface area contributed by atoms with Crippen LogP contribution in [0, 0.1) is 10.1 Å². The lowest BCUT2D eigenvalue weighted by Gasteiger charge is -2.21. The molecule has 1 N–H and O–H groups in total. The van der Waals surface area contributed by atoms with Gasteiger partial charge in [-0.2, -0.15) is 0 Å². The Morgan fingerprint density at radius 1 is 1.17 bits per heavy atom. The highest BCUT2D eigenvalue weighted by Crippen LogP contribution is 2.35. The lowest BCUT2D eigenvalue weighted by molar-refractivity contribution is -0.382. The van der Waals surface area contributed by atoms with Gasteiger partial charge >= 0.3 is 5.69 Å². The fraction of sp³-hybridized carbons (Fsp3) is 0.286. The first-order valence-electron chi connectivity index (χ1n) is 9.35. The van der Waals surface area contributed by atoms with Crippen molar-refractivity contribution in [3.05, 3.63) is 58.8 Å². The molecule has 150 valence electrons. The van der Waals surface area contributed by atoms with Crippen LogP contribution in [0.15, 0.2) is 48.7 Å². The summed E-state index contributed by atoms with van der Waals surface area (Å²) in [5.41, 5.74) is 2.20. The molecule has 1 aliphatic heterocycles. The normalized spacial score (nSPS) is 16.1. The van der Waals surface area contributed by atoms with Crippen molar-refractivity contribution >= 4 is 28.0 Å². The van der Waals surface area contributed by atoms with Gasteiger partial charge in [0.2, 0.25) is 0 Å². The van der Waals surface area contributed by atoms with Gasteiger partial charge < -0.3 is 19.7 Å². The molecule has 0 radical (unpaired) electrons. The van der Waals surface area contributed by atoms with E-state index in [0.717, 1.165) is 36.7 Å². The van der Waals surface area contributed by atoms with Gasteiger partial charge in [-0.1, -0.05) is 0 Å². The van der Waals surface area contributed by atoms with Crippen molar-refractivity contribution in [1.82, 2.24) is 4.98 Å². The average Bonchev–Trinajstić information content (AvgIpc) is 3.21. The van der Waals surface area contributed by atoms with E-state index in [0.29, 0.717) is 16.6 Å². The summed E-state index contributed by atoms with van der Waals surface area (Å²) in [6.45, 7) is 1.55. The number of fused-ring (bicyclic) bond motifs is 1. The van der Waals surface area contributed by atoms with Gasteiger partial charge in [-0.05, 0) is 30.7 Å². The predicted octanol–water partition coefficient (Wildman–Crippen LogP) is 3.85. The Morgan fingerprint density at radius 2 is 1.93 bits per heavy atom. The number of methoxy groups -OCH3 is 2. The highest BCUT2D eigenvalue weighted by Gasteiger charge is 2.27. The number of aromatic nitrogens is 1. The molecule has 29 heavy (non-hydrogen) atoms. The largest absolute Gasteiger partial charge is 0.497 e. The third kappa shape index (κ3) is 3.73. The molecule has 4 rings (SSSR count). The third-order valence-corrected chi connectivity index (χ3v) is 5.19. The summed E-state index contributed by atoms with van der Waals surface area (Å²) < 4.78 is 10.7. The average molecular weight is 394 g/mol. The number of rotatable bonds is 6. The van der Waals surface area contributed by atoms with Crippen LogP contribution in [0.3, 0.4) is 0 Å². The molecule has 1 aliphatic rings. The van der Waals surface area contributed by atoms with Crippen LogP contribution in [-0.2, 0) is 0 Å². The Kier molecular flexibility index (Phi) is 5.07. The zero-order valence-electron chi connectivity index (χ0n) is 16.3. The fourth-order valence-electron chi connectivity index (χ4n) is 3.76. The number of benzene rings is 2. The molecular weight excluding hydrogens is 372 g/mol. The van der Waals surface area contributed by atoms with Crippen LogP contribution in [0.1, 0.15) is 6.42 Å². The maximum absolute atomic E-state index is 11.7. The monoisotopic (exact) mass is 394 g/mol. The predicted molar refractivity (Wildman–Crippen MR) is 112 cm³/mol. The number of pyridine rings is 1. The summed E-state index contributed by atoms with van der Waals surface area (Å²) in [6, 6.07) is 12.8. The zero-order valence-corrected chi connectivity index (χ0v) is 16.3. The summed E-state index contributed by atoms with van der Waals surface area (Å²) in [6.07, 6.45) is 2.50. The topological polar surface area (TPSA) is 89.8 Å². The van der Waals surface area contributed by atoms with Gasteiger partial charge in [0, 0.05) is 49.2 Å². The Hall–Kier alpha value is -3.55. The number of nitrogens with zero attached hydrogens (tertiary/aromatic N) is 3. The Morgan fingerprint density at radius 3 is 2.62 bits per heavy atom. The molecule has 2 aromatic carbocycles. The van der Waals surface area contributed by atoms with Crippen LogP contribution in [0.25, 0.3) is 10.9 Å². The first-order chi connectivity index (χ1) is 14.1. The van der Waals surface area contributed by atoms with Gasteiger partial charge in [0.15, 0.2) is 0 Å². The van der Waals surface area contributed by atoms with E-state index in [1.807, 2.05) is 24.3 Å². The fourth-order valence-corrected chi connectivity index (χ4v) is 3.76. The standard InChI is InChI=1S/C21H22N4O4/c1-28-16-10-15(11-17(12-16)29-2)24-9-7-14(13-24)23-20-6-5-19-18(4-3-8-22-19)21(20)25(26)27/h3-6,8,10-12,14,23H,7,9,13H2,1-2H3. The summed E-state index contributed by atoms with van der Waals surface area (Å²) in [5.74, 6) is 1.46. The van der Waals surface area contributed by atoms with Crippen molar-refractivity contribution in [2.75, 3.05) is 37.5 Å². The molecule has 0 bridgehead atoms. The van der Waals surface area contributed by atoms with Crippen molar-refractivity contribution in [2.24, 2.45) is 0 Å². The molecule has 1 unspecified atom stereocenters. The van der Waals surface area contributed by atoms with E-state index < -0.39 is 0 Å². The van der Waals surface area contributed by atoms with Crippen LogP contribution in [0.5, 0.6) is 11.5 Å². The second-order valence-corrected chi connectivity index (χ2v) is 6.94. The summed E-state index contributed by atoms with van der Waals surface area (Å²) in [5, 5.41) is 15.6. The number of ether oxygens (including phenoxy) is 2. The number of hydrogen-bond donors (Lipinski definition) is 1.